The average molecular weight is 285 g/mol. The lowest BCUT2D eigenvalue weighted by molar-refractivity contribution is 0.100. The van der Waals surface area contributed by atoms with Crippen LogP contribution in [-0.4, -0.2) is 16.3 Å². The van der Waals surface area contributed by atoms with E-state index in [2.05, 4.69) is 5.32 Å². The minimum Gasteiger partial charge on any atom is -0.397 e. The summed E-state index contributed by atoms with van der Waals surface area (Å²) >= 11 is 0. The number of anilines is 2. The van der Waals surface area contributed by atoms with Crippen molar-refractivity contribution >= 4 is 23.1 Å². The first-order valence-electron chi connectivity index (χ1n) is 6.78. The van der Waals surface area contributed by atoms with Crippen LogP contribution in [0.3, 0.4) is 0 Å². The van der Waals surface area contributed by atoms with Crippen LogP contribution in [-0.2, 0) is 0 Å². The van der Waals surface area contributed by atoms with Crippen LogP contribution < -0.4 is 11.1 Å². The molecule has 0 unspecified atom stereocenters. The zero-order chi connectivity index (χ0) is 15.6. The second kappa shape index (κ2) is 5.83. The number of ketones is 1. The van der Waals surface area contributed by atoms with Crippen LogP contribution in [0.25, 0.3) is 0 Å². The number of aromatic nitrogens is 1. The van der Waals surface area contributed by atoms with Crippen LogP contribution in [0.2, 0.25) is 0 Å². The summed E-state index contributed by atoms with van der Waals surface area (Å²) in [5.74, 6) is -0.290. The molecule has 21 heavy (non-hydrogen) atoms. The molecule has 110 valence electrons. The molecule has 0 bridgehead atoms. The molecule has 0 saturated carbocycles. The molecule has 0 atom stereocenters. The number of hydrogen-bond acceptors (Lipinski definition) is 3. The van der Waals surface area contributed by atoms with Crippen molar-refractivity contribution in [1.29, 1.82) is 0 Å². The van der Waals surface area contributed by atoms with Crippen molar-refractivity contribution in [2.24, 2.45) is 0 Å². The molecule has 0 aliphatic heterocycles. The van der Waals surface area contributed by atoms with Crippen molar-refractivity contribution in [2.45, 2.75) is 26.8 Å². The minimum absolute atomic E-state index is 0.0408. The quantitative estimate of drug-likeness (QED) is 0.847. The van der Waals surface area contributed by atoms with Crippen molar-refractivity contribution in [3.05, 3.63) is 47.8 Å². The van der Waals surface area contributed by atoms with E-state index < -0.39 is 0 Å². The Morgan fingerprint density at radius 2 is 1.95 bits per heavy atom. The van der Waals surface area contributed by atoms with Gasteiger partial charge in [0.15, 0.2) is 5.78 Å². The topological polar surface area (TPSA) is 77.1 Å². The zero-order valence-electron chi connectivity index (χ0n) is 12.4. The van der Waals surface area contributed by atoms with Crippen LogP contribution >= 0.6 is 0 Å². The van der Waals surface area contributed by atoms with Crippen molar-refractivity contribution in [3.63, 3.8) is 0 Å². The van der Waals surface area contributed by atoms with E-state index >= 15 is 0 Å². The molecule has 3 N–H and O–H groups in total. The summed E-state index contributed by atoms with van der Waals surface area (Å²) in [5.41, 5.74) is 7.96. The maximum atomic E-state index is 12.4. The molecule has 1 aromatic carbocycles. The summed E-state index contributed by atoms with van der Waals surface area (Å²) in [4.78, 5) is 23.7. The van der Waals surface area contributed by atoms with Crippen molar-refractivity contribution in [1.82, 2.24) is 4.57 Å². The van der Waals surface area contributed by atoms with Crippen molar-refractivity contribution in [2.75, 3.05) is 11.1 Å². The first-order valence-corrected chi connectivity index (χ1v) is 6.78. The van der Waals surface area contributed by atoms with Gasteiger partial charge in [-0.15, -0.1) is 0 Å². The van der Waals surface area contributed by atoms with E-state index in [9.17, 15) is 9.59 Å². The summed E-state index contributed by atoms with van der Waals surface area (Å²) < 4.78 is 1.82. The Morgan fingerprint density at radius 3 is 2.57 bits per heavy atom. The molecular formula is C16H19N3O2. The first-order chi connectivity index (χ1) is 9.88. The number of hydrogen-bond donors (Lipinski definition) is 2. The summed E-state index contributed by atoms with van der Waals surface area (Å²) in [7, 11) is 0. The molecule has 0 fully saturated rings. The van der Waals surface area contributed by atoms with Gasteiger partial charge in [-0.1, -0.05) is 12.1 Å². The number of rotatable bonds is 4. The fourth-order valence-electron chi connectivity index (χ4n) is 2.12. The third-order valence-electron chi connectivity index (χ3n) is 3.19. The van der Waals surface area contributed by atoms with Crippen LogP contribution in [0.4, 0.5) is 11.4 Å². The smallest absolute Gasteiger partial charge is 0.272 e. The lowest BCUT2D eigenvalue weighted by atomic mass is 10.1. The molecule has 0 aliphatic rings. The van der Waals surface area contributed by atoms with Gasteiger partial charge < -0.3 is 15.6 Å². The zero-order valence-corrected chi connectivity index (χ0v) is 12.4. The maximum absolute atomic E-state index is 12.4. The van der Waals surface area contributed by atoms with E-state index in [0.29, 0.717) is 22.6 Å². The first kappa shape index (κ1) is 14.8. The molecule has 1 amide bonds. The van der Waals surface area contributed by atoms with E-state index in [-0.39, 0.29) is 17.7 Å². The van der Waals surface area contributed by atoms with Gasteiger partial charge in [0.05, 0.1) is 5.69 Å². The predicted octanol–water partition coefficient (Wildman–Crippen LogP) is 3.11. The molecular weight excluding hydrogens is 266 g/mol. The Bertz CT molecular complexity index is 687. The van der Waals surface area contributed by atoms with Gasteiger partial charge in [-0.25, -0.2) is 0 Å². The number of nitrogen functional groups attached to an aromatic ring is 1. The number of nitrogens with one attached hydrogen (secondary N) is 1. The van der Waals surface area contributed by atoms with E-state index in [1.165, 1.54) is 6.92 Å². The highest BCUT2D eigenvalue weighted by molar-refractivity contribution is 6.04. The second-order valence-corrected chi connectivity index (χ2v) is 5.25. The number of Topliss-reactive ketones (excluding diaryl/α,β-unsaturated/α-hetero) is 1. The highest BCUT2D eigenvalue weighted by atomic mass is 16.2. The Balaban J connectivity index is 2.26. The Labute approximate surface area is 123 Å². The summed E-state index contributed by atoms with van der Waals surface area (Å²) in [6, 6.07) is 8.63. The highest BCUT2D eigenvalue weighted by Crippen LogP contribution is 2.19. The standard InChI is InChI=1S/C16H19N3O2/c1-10(2)19-9-13(17)8-15(19)16(21)18-14-6-4-5-12(7-14)11(3)20/h4-10H,17H2,1-3H3,(H,18,21). The molecule has 2 rings (SSSR count). The van der Waals surface area contributed by atoms with Gasteiger partial charge in [-0.05, 0) is 39.0 Å². The van der Waals surface area contributed by atoms with Gasteiger partial charge in [-0.3, -0.25) is 9.59 Å². The molecule has 0 spiro atoms. The van der Waals surface area contributed by atoms with E-state index in [0.717, 1.165) is 0 Å². The number of carbonyl (C=O) groups excluding carboxylic acids is 2. The average Bonchev–Trinajstić information content (AvgIpc) is 2.81. The molecule has 0 radical (unpaired) electrons. The van der Waals surface area contributed by atoms with Crippen LogP contribution in [0.1, 0.15) is 47.7 Å². The van der Waals surface area contributed by atoms with Crippen LogP contribution in [0.5, 0.6) is 0 Å². The monoisotopic (exact) mass is 285 g/mol. The van der Waals surface area contributed by atoms with Crippen LogP contribution in [0, 0.1) is 0 Å². The number of nitrogens with two attached hydrogens (primary N) is 1. The van der Waals surface area contributed by atoms with Gasteiger partial charge in [0.25, 0.3) is 5.91 Å². The molecule has 0 saturated heterocycles. The third-order valence-corrected chi connectivity index (χ3v) is 3.19. The second-order valence-electron chi connectivity index (χ2n) is 5.25. The number of amides is 1. The molecule has 0 aliphatic carbocycles. The number of nitrogens with zero attached hydrogens (tertiary/aromatic N) is 1. The number of benzene rings is 1. The fraction of sp³-hybridized carbons (Fsp3) is 0.250. The molecule has 5 nitrogen and oxygen atoms in total. The van der Waals surface area contributed by atoms with Gasteiger partial charge >= 0.3 is 0 Å². The SMILES string of the molecule is CC(=O)c1cccc(NC(=O)c2cc(N)cn2C(C)C)c1. The fourth-order valence-corrected chi connectivity index (χ4v) is 2.12. The molecule has 1 heterocycles. The predicted molar refractivity (Wildman–Crippen MR) is 83.6 cm³/mol. The summed E-state index contributed by atoms with van der Waals surface area (Å²) in [5, 5.41) is 2.79. The molecule has 1 aromatic heterocycles. The van der Waals surface area contributed by atoms with Gasteiger partial charge in [0.2, 0.25) is 0 Å². The van der Waals surface area contributed by atoms with Crippen molar-refractivity contribution in [3.8, 4) is 0 Å². The highest BCUT2D eigenvalue weighted by Gasteiger charge is 2.15. The lowest BCUT2D eigenvalue weighted by Crippen LogP contribution is -2.17. The van der Waals surface area contributed by atoms with Crippen molar-refractivity contribution < 1.29 is 9.59 Å². The summed E-state index contributed by atoms with van der Waals surface area (Å²) in [6.07, 6.45) is 1.74. The Morgan fingerprint density at radius 1 is 1.24 bits per heavy atom. The van der Waals surface area contributed by atoms with Gasteiger partial charge in [0, 0.05) is 23.5 Å². The van der Waals surface area contributed by atoms with Gasteiger partial charge in [-0.2, -0.15) is 0 Å². The Hall–Kier alpha value is -2.56. The summed E-state index contributed by atoms with van der Waals surface area (Å²) in [6.45, 7) is 5.45. The largest absolute Gasteiger partial charge is 0.397 e. The van der Waals surface area contributed by atoms with E-state index in [4.69, 9.17) is 5.73 Å². The number of carbonyl (C=O) groups is 2. The Kier molecular flexibility index (Phi) is 4.12. The van der Waals surface area contributed by atoms with Crippen LogP contribution in [0.15, 0.2) is 36.5 Å². The molecule has 2 aromatic rings. The maximum Gasteiger partial charge on any atom is 0.272 e. The van der Waals surface area contributed by atoms with E-state index in [1.807, 2.05) is 18.4 Å². The normalized spacial score (nSPS) is 10.7. The lowest BCUT2D eigenvalue weighted by Gasteiger charge is -2.13. The molecule has 5 heteroatoms. The third kappa shape index (κ3) is 3.31. The minimum atomic E-state index is -0.249. The van der Waals surface area contributed by atoms with Gasteiger partial charge in [0.1, 0.15) is 5.69 Å². The van der Waals surface area contributed by atoms with E-state index in [1.54, 1.807) is 36.5 Å².